The van der Waals surface area contributed by atoms with Crippen molar-refractivity contribution < 1.29 is 8.85 Å². The van der Waals surface area contributed by atoms with Gasteiger partial charge >= 0.3 is 0 Å². The summed E-state index contributed by atoms with van der Waals surface area (Å²) in [6.45, 7) is -13.9. The Labute approximate surface area is 358 Å². The third-order valence-corrected chi connectivity index (χ3v) is 388. The maximum Gasteiger partial charge on any atom is 0.200 e. The van der Waals surface area contributed by atoms with Crippen molar-refractivity contribution in [2.45, 2.75) is 226 Å². The molecule has 0 N–H and O–H groups in total. The lowest BCUT2D eigenvalue weighted by Crippen LogP contribution is -3.69. The second kappa shape index (κ2) is 13.6. The van der Waals surface area contributed by atoms with Gasteiger partial charge in [0.2, 0.25) is 0 Å². The molecule has 0 amide bonds. The maximum absolute atomic E-state index is 9.18. The zero-order valence-electron chi connectivity index (χ0n) is 36.3. The van der Waals surface area contributed by atoms with E-state index in [4.69, 9.17) is 0 Å². The number of hydrogen-bond donors (Lipinski definition) is 0. The third kappa shape index (κ3) is 3.53. The summed E-state index contributed by atoms with van der Waals surface area (Å²) in [5.41, 5.74) is 7.52. The molecule has 0 spiro atoms. The van der Waals surface area contributed by atoms with Gasteiger partial charge in [0.25, 0.3) is 0 Å². The molecule has 6 saturated carbocycles. The van der Waals surface area contributed by atoms with Crippen LogP contribution < -0.4 is 8.85 Å². The first kappa shape index (κ1) is 38.3. The van der Waals surface area contributed by atoms with Gasteiger partial charge in [0.15, 0.2) is 13.7 Å². The van der Waals surface area contributed by atoms with Crippen LogP contribution in [0.2, 0.25) is 33.2 Å². The zero-order chi connectivity index (χ0) is 38.3. The molecule has 0 bridgehead atoms. The van der Waals surface area contributed by atoms with E-state index < -0.39 is 53.5 Å². The molecule has 0 radical (unpaired) electrons. The van der Waals surface area contributed by atoms with Crippen molar-refractivity contribution >= 4 is 53.5 Å². The Morgan fingerprint density at radius 2 is 0.483 bits per heavy atom. The molecule has 2 nitrogen and oxygen atoms in total. The van der Waals surface area contributed by atoms with E-state index in [1.807, 2.05) is 0 Å². The smallest absolute Gasteiger partial charge is 0.200 e. The van der Waals surface area contributed by atoms with Crippen LogP contribution in [0.5, 0.6) is 11.5 Å². The van der Waals surface area contributed by atoms with Gasteiger partial charge in [-0.3, -0.25) is 0 Å². The fourth-order valence-electron chi connectivity index (χ4n) is 23.3. The lowest BCUT2D eigenvalue weighted by Gasteiger charge is -3.29. The second-order valence-electron chi connectivity index (χ2n) is 23.1. The highest BCUT2D eigenvalue weighted by atomic mass is 31.1. The fraction of sp³-hybridized carbons (Fsp3) is 0.750. The lowest BCUT2D eigenvalue weighted by atomic mass is 10.0. The van der Waals surface area contributed by atoms with E-state index in [-0.39, 0.29) is 0 Å². The van der Waals surface area contributed by atoms with Gasteiger partial charge in [0, 0.05) is 13.3 Å². The number of para-hydroxylation sites is 2. The summed E-state index contributed by atoms with van der Waals surface area (Å²) in [7, 11) is 0. The molecule has 6 saturated heterocycles. The van der Waals surface area contributed by atoms with Crippen LogP contribution in [0, 0.1) is 0 Å². The summed E-state index contributed by atoms with van der Waals surface area (Å²) in [5.74, 6) is 2.94. The van der Waals surface area contributed by atoms with E-state index in [9.17, 15) is 8.85 Å². The molecule has 312 valence electrons. The summed E-state index contributed by atoms with van der Waals surface area (Å²) >= 11 is 0. The lowest BCUT2D eigenvalue weighted by molar-refractivity contribution is 0.453. The van der Waals surface area contributed by atoms with Crippen molar-refractivity contribution in [3.05, 3.63) is 60.7 Å². The summed E-state index contributed by atoms with van der Waals surface area (Å²) in [4.78, 5) is 0. The van der Waals surface area contributed by atoms with Crippen LogP contribution in [0.4, 0.5) is 0 Å². The highest BCUT2D eigenvalue weighted by Crippen LogP contribution is 3.09. The molecule has 6 aliphatic carbocycles. The van der Waals surface area contributed by atoms with E-state index in [0.717, 1.165) is 0 Å². The second-order valence-corrected chi connectivity index (χ2v) is 132. The molecule has 12 aliphatic rings. The van der Waals surface area contributed by atoms with Crippen LogP contribution in [-0.4, -0.2) is 53.5 Å². The standard InChI is InChI=1S/C48H76O2Si8/c1-9-25-41(26-10-1)49-57-53(45-33-17-5-18-34-45)51(43-29-13-3-14-30-43)54(46-35-19-6-20-36-46)52(53,44-31-15-4-16-32-44)56(57,48-39-23-8-24-40-48)58(54,50-42-27-11-2-12-28-42)55(51,57)47-37-21-7-22-38-47/h1-2,9-12,25-28,43-48H,3-8,13-24,29-40H2. The number of benzene rings is 2. The highest BCUT2D eigenvalue weighted by Gasteiger charge is 3.45. The van der Waals surface area contributed by atoms with Crippen molar-refractivity contribution in [3.8, 4) is 11.5 Å². The Hall–Kier alpha value is -0.225. The average molecular weight is 910 g/mol. The van der Waals surface area contributed by atoms with Gasteiger partial charge in [-0.05, 0) is 46.4 Å². The van der Waals surface area contributed by atoms with Crippen LogP contribution in [0.1, 0.15) is 193 Å². The quantitative estimate of drug-likeness (QED) is 0.221. The minimum Gasteiger partial charge on any atom is -0.553 e. The van der Waals surface area contributed by atoms with Crippen LogP contribution in [0.3, 0.4) is 0 Å². The van der Waals surface area contributed by atoms with Gasteiger partial charge in [-0.15, -0.1) is 0 Å². The monoisotopic (exact) mass is 908 g/mol. The van der Waals surface area contributed by atoms with Crippen LogP contribution >= 0.6 is 0 Å². The molecular weight excluding hydrogens is 833 g/mol. The van der Waals surface area contributed by atoms with E-state index in [2.05, 4.69) is 60.7 Å². The van der Waals surface area contributed by atoms with Gasteiger partial charge in [-0.2, -0.15) is 0 Å². The molecule has 6 aliphatic heterocycles. The summed E-state index contributed by atoms with van der Waals surface area (Å²) in [6, 6.07) is 24.7. The Morgan fingerprint density at radius 1 is 0.259 bits per heavy atom. The minimum atomic E-state index is -2.00. The molecule has 0 atom stereocenters. The van der Waals surface area contributed by atoms with Crippen LogP contribution in [0.25, 0.3) is 0 Å². The maximum atomic E-state index is 9.18. The molecule has 12 fully saturated rings. The first-order valence-electron chi connectivity index (χ1n) is 26.3. The van der Waals surface area contributed by atoms with E-state index in [0.29, 0.717) is 0 Å². The highest BCUT2D eigenvalue weighted by molar-refractivity contribution is 8.92. The molecule has 0 aromatic heterocycles. The van der Waals surface area contributed by atoms with Gasteiger partial charge < -0.3 is 8.85 Å². The van der Waals surface area contributed by atoms with E-state index >= 15 is 0 Å². The molecular formula is C48H76O2Si8. The molecule has 10 heteroatoms. The van der Waals surface area contributed by atoms with Crippen molar-refractivity contribution in [2.75, 3.05) is 0 Å². The Bertz CT molecular complexity index is 1700. The topological polar surface area (TPSA) is 18.5 Å². The summed E-state index contributed by atoms with van der Waals surface area (Å²) in [5, 5.41) is 0. The molecule has 14 rings (SSSR count). The molecule has 2 aromatic carbocycles. The van der Waals surface area contributed by atoms with E-state index in [1.54, 1.807) is 193 Å². The largest absolute Gasteiger partial charge is 0.553 e. The third-order valence-electron chi connectivity index (χ3n) is 22.4. The van der Waals surface area contributed by atoms with Crippen molar-refractivity contribution in [2.24, 2.45) is 0 Å². The van der Waals surface area contributed by atoms with Crippen molar-refractivity contribution in [1.29, 1.82) is 0 Å². The van der Waals surface area contributed by atoms with Crippen molar-refractivity contribution in [1.82, 2.24) is 0 Å². The first-order chi connectivity index (χ1) is 28.8. The molecule has 6 heterocycles. The normalized spacial score (nSPS) is 46.8. The zero-order valence-corrected chi connectivity index (χ0v) is 44.3. The van der Waals surface area contributed by atoms with Crippen LogP contribution in [0.15, 0.2) is 60.7 Å². The minimum absolute atomic E-state index is 1.18. The number of rotatable bonds is 10. The number of hydrogen-bond acceptors (Lipinski definition) is 2. The van der Waals surface area contributed by atoms with Crippen LogP contribution in [-0.2, 0) is 0 Å². The summed E-state index contributed by atoms with van der Waals surface area (Å²) < 4.78 is 18.4. The molecule has 58 heavy (non-hydrogen) atoms. The fourth-order valence-corrected chi connectivity index (χ4v) is 1020. The summed E-state index contributed by atoms with van der Waals surface area (Å²) in [6.07, 6.45) is 49.3. The van der Waals surface area contributed by atoms with E-state index in [1.165, 1.54) is 44.7 Å². The Kier molecular flexibility index (Phi) is 9.00. The predicted octanol–water partition coefficient (Wildman–Crippen LogP) is 13.7. The first-order valence-corrected chi connectivity index (χ1v) is 54.5. The van der Waals surface area contributed by atoms with Crippen molar-refractivity contribution in [3.63, 3.8) is 0 Å². The van der Waals surface area contributed by atoms with Gasteiger partial charge in [-0.1, -0.05) is 240 Å². The van der Waals surface area contributed by atoms with Gasteiger partial charge in [0.1, 0.15) is 24.8 Å². The van der Waals surface area contributed by atoms with Gasteiger partial charge in [-0.25, -0.2) is 0 Å². The average Bonchev–Trinajstić information content (AvgIpc) is 3.30. The Balaban J connectivity index is 1.19. The molecule has 2 aromatic rings. The Morgan fingerprint density at radius 3 is 0.741 bits per heavy atom. The predicted molar refractivity (Wildman–Crippen MR) is 261 cm³/mol. The van der Waals surface area contributed by atoms with Gasteiger partial charge in [0.05, 0.1) is 13.3 Å². The molecule has 0 unspecified atom stereocenters. The SMILES string of the molecule is c1ccc(O[Si]23[Si]4(C5CCCCC5)[Si]5(Oc6ccccc6)[Si]2(C2CCCCC2)[Si]2(C6CCCCC6)[Si]3(C3CCCCC3)[Si]4(C3CCCCC3)[Si]52C2CCCCC2)cc1.